The maximum absolute atomic E-state index is 12.3. The van der Waals surface area contributed by atoms with Crippen molar-refractivity contribution in [2.45, 2.75) is 24.4 Å². The van der Waals surface area contributed by atoms with E-state index >= 15 is 0 Å². The third-order valence-corrected chi connectivity index (χ3v) is 5.31. The van der Waals surface area contributed by atoms with E-state index in [0.29, 0.717) is 11.4 Å². The molecule has 4 N–H and O–H groups in total. The second-order valence-corrected chi connectivity index (χ2v) is 7.94. The maximum atomic E-state index is 12.3. The zero-order valence-electron chi connectivity index (χ0n) is 16.1. The van der Waals surface area contributed by atoms with Crippen LogP contribution in [0.1, 0.15) is 18.9 Å². The van der Waals surface area contributed by atoms with Crippen LogP contribution < -0.4 is 20.5 Å². The Balaban J connectivity index is 2.02. The number of sulfonamides is 1. The van der Waals surface area contributed by atoms with Gasteiger partial charge in [-0.05, 0) is 43.3 Å². The Morgan fingerprint density at radius 2 is 1.79 bits per heavy atom. The zero-order valence-corrected chi connectivity index (χ0v) is 16.9. The fourth-order valence-electron chi connectivity index (χ4n) is 2.49. The monoisotopic (exact) mass is 417 g/mol. The van der Waals surface area contributed by atoms with E-state index in [1.807, 2.05) is 18.2 Å². The topological polar surface area (TPSA) is 128 Å². The maximum Gasteiger partial charge on any atom is 0.248 e. The van der Waals surface area contributed by atoms with Crippen molar-refractivity contribution in [2.24, 2.45) is 5.73 Å². The number of ketones is 1. The summed E-state index contributed by atoms with van der Waals surface area (Å²) in [5, 5.41) is 2.64. The summed E-state index contributed by atoms with van der Waals surface area (Å²) in [6.45, 7) is 1.33. The molecular formula is C20H23N3O5S. The van der Waals surface area contributed by atoms with Crippen LogP contribution in [0.2, 0.25) is 0 Å². The van der Waals surface area contributed by atoms with Crippen LogP contribution in [0.5, 0.6) is 5.75 Å². The van der Waals surface area contributed by atoms with Crippen molar-refractivity contribution in [1.82, 2.24) is 4.72 Å². The molecule has 1 atom stereocenters. The molecule has 1 unspecified atom stereocenters. The number of para-hydroxylation sites is 1. The van der Waals surface area contributed by atoms with Gasteiger partial charge in [0, 0.05) is 23.7 Å². The lowest BCUT2D eigenvalue weighted by Gasteiger charge is -2.13. The van der Waals surface area contributed by atoms with Crippen LogP contribution in [0.4, 0.5) is 5.69 Å². The molecule has 0 bridgehead atoms. The van der Waals surface area contributed by atoms with E-state index in [1.165, 1.54) is 37.3 Å². The predicted molar refractivity (Wildman–Crippen MR) is 111 cm³/mol. The molecule has 0 saturated heterocycles. The number of anilines is 1. The number of amides is 1. The van der Waals surface area contributed by atoms with Crippen LogP contribution in [-0.2, 0) is 19.6 Å². The van der Waals surface area contributed by atoms with Gasteiger partial charge in [0.25, 0.3) is 0 Å². The number of carbonyl (C=O) groups is 2. The second kappa shape index (κ2) is 9.97. The largest absolute Gasteiger partial charge is 0.496 e. The van der Waals surface area contributed by atoms with Crippen LogP contribution in [0.15, 0.2) is 59.5 Å². The number of ether oxygens (including phenoxy) is 1. The number of hydrogen-bond acceptors (Lipinski definition) is 6. The average Bonchev–Trinajstić information content (AvgIpc) is 2.66. The van der Waals surface area contributed by atoms with Crippen LogP contribution >= 0.6 is 0 Å². The van der Waals surface area contributed by atoms with Crippen molar-refractivity contribution in [1.29, 1.82) is 0 Å². The smallest absolute Gasteiger partial charge is 0.248 e. The molecule has 29 heavy (non-hydrogen) atoms. The van der Waals surface area contributed by atoms with Gasteiger partial charge in [0.05, 0.1) is 18.2 Å². The van der Waals surface area contributed by atoms with Gasteiger partial charge in [0.1, 0.15) is 11.5 Å². The second-order valence-electron chi connectivity index (χ2n) is 6.22. The Morgan fingerprint density at radius 3 is 2.41 bits per heavy atom. The van der Waals surface area contributed by atoms with E-state index in [2.05, 4.69) is 10.0 Å². The minimum atomic E-state index is -3.87. The van der Waals surface area contributed by atoms with Gasteiger partial charge in [-0.3, -0.25) is 9.59 Å². The van der Waals surface area contributed by atoms with Gasteiger partial charge < -0.3 is 15.8 Å². The fourth-order valence-corrected chi connectivity index (χ4v) is 3.60. The normalized spacial score (nSPS) is 12.5. The summed E-state index contributed by atoms with van der Waals surface area (Å²) in [7, 11) is -2.33. The standard InChI is InChI=1S/C20H23N3O5S/c1-14(24)13-19(21)23-29(26,27)17-10-8-16(9-11-17)22-20(25)12-7-15-5-3-4-6-18(15)28-2/h3-12,19,23H,13,21H2,1-2H3,(H,22,25). The summed E-state index contributed by atoms with van der Waals surface area (Å²) in [6, 6.07) is 12.8. The molecule has 0 aliphatic carbocycles. The van der Waals surface area contributed by atoms with Crippen molar-refractivity contribution in [2.75, 3.05) is 12.4 Å². The van der Waals surface area contributed by atoms with Crippen LogP contribution in [0.3, 0.4) is 0 Å². The van der Waals surface area contributed by atoms with Gasteiger partial charge in [-0.25, -0.2) is 8.42 Å². The fraction of sp³-hybridized carbons (Fsp3) is 0.200. The highest BCUT2D eigenvalue weighted by Crippen LogP contribution is 2.19. The molecular weight excluding hydrogens is 394 g/mol. The summed E-state index contributed by atoms with van der Waals surface area (Å²) in [5.41, 5.74) is 6.78. The van der Waals surface area contributed by atoms with E-state index in [9.17, 15) is 18.0 Å². The quantitative estimate of drug-likeness (QED) is 0.422. The van der Waals surface area contributed by atoms with Crippen molar-refractivity contribution < 1.29 is 22.7 Å². The number of nitrogens with one attached hydrogen (secondary N) is 2. The summed E-state index contributed by atoms with van der Waals surface area (Å²) in [5.74, 6) is 0.0362. The molecule has 2 rings (SSSR count). The number of methoxy groups -OCH3 is 1. The molecule has 0 aliphatic heterocycles. The summed E-state index contributed by atoms with van der Waals surface area (Å²) in [6.07, 6.45) is 1.86. The first kappa shape index (κ1) is 22.3. The van der Waals surface area contributed by atoms with Crippen molar-refractivity contribution in [3.63, 3.8) is 0 Å². The van der Waals surface area contributed by atoms with Crippen LogP contribution in [-0.4, -0.2) is 33.4 Å². The number of rotatable bonds is 9. The molecule has 2 aromatic carbocycles. The Kier molecular flexibility index (Phi) is 7.66. The van der Waals surface area contributed by atoms with Gasteiger partial charge in [-0.15, -0.1) is 0 Å². The van der Waals surface area contributed by atoms with Crippen molar-refractivity contribution >= 4 is 33.5 Å². The lowest BCUT2D eigenvalue weighted by molar-refractivity contribution is -0.117. The Hall–Kier alpha value is -3.01. The highest BCUT2D eigenvalue weighted by atomic mass is 32.2. The molecule has 0 heterocycles. The minimum absolute atomic E-state index is 0.0286. The number of benzene rings is 2. The first-order chi connectivity index (χ1) is 13.7. The molecule has 0 fully saturated rings. The van der Waals surface area contributed by atoms with Gasteiger partial charge in [0.15, 0.2) is 0 Å². The highest BCUT2D eigenvalue weighted by Gasteiger charge is 2.18. The first-order valence-corrected chi connectivity index (χ1v) is 10.2. The van der Waals surface area contributed by atoms with E-state index < -0.39 is 16.2 Å². The number of hydrogen-bond donors (Lipinski definition) is 3. The van der Waals surface area contributed by atoms with Gasteiger partial charge in [0.2, 0.25) is 15.9 Å². The van der Waals surface area contributed by atoms with Crippen LogP contribution in [0, 0.1) is 0 Å². The van der Waals surface area contributed by atoms with Gasteiger partial charge in [-0.1, -0.05) is 18.2 Å². The molecule has 9 heteroatoms. The van der Waals surface area contributed by atoms with E-state index in [1.54, 1.807) is 19.3 Å². The molecule has 154 valence electrons. The lowest BCUT2D eigenvalue weighted by atomic mass is 10.2. The van der Waals surface area contributed by atoms with Gasteiger partial charge >= 0.3 is 0 Å². The molecule has 1 amide bonds. The van der Waals surface area contributed by atoms with Crippen molar-refractivity contribution in [3.8, 4) is 5.75 Å². The molecule has 0 aliphatic rings. The number of Topliss-reactive ketones (excluding diaryl/α,β-unsaturated/α-hetero) is 1. The van der Waals surface area contributed by atoms with Gasteiger partial charge in [-0.2, -0.15) is 4.72 Å². The van der Waals surface area contributed by atoms with Crippen LogP contribution in [0.25, 0.3) is 6.08 Å². The minimum Gasteiger partial charge on any atom is -0.496 e. The third kappa shape index (κ3) is 6.83. The van der Waals surface area contributed by atoms with E-state index in [0.717, 1.165) is 5.56 Å². The molecule has 0 aromatic heterocycles. The average molecular weight is 417 g/mol. The SMILES string of the molecule is COc1ccccc1C=CC(=O)Nc1ccc(S(=O)(=O)NC(N)CC(C)=O)cc1. The Bertz CT molecular complexity index is 1000. The Morgan fingerprint density at radius 1 is 1.14 bits per heavy atom. The predicted octanol–water partition coefficient (Wildman–Crippen LogP) is 1.89. The molecule has 0 radical (unpaired) electrons. The zero-order chi connectivity index (χ0) is 21.4. The summed E-state index contributed by atoms with van der Waals surface area (Å²) in [4.78, 5) is 23.1. The number of nitrogens with two attached hydrogens (primary N) is 1. The first-order valence-electron chi connectivity index (χ1n) is 8.71. The molecule has 8 nitrogen and oxygen atoms in total. The summed E-state index contributed by atoms with van der Waals surface area (Å²) < 4.78 is 32.0. The van der Waals surface area contributed by atoms with E-state index in [4.69, 9.17) is 10.5 Å². The summed E-state index contributed by atoms with van der Waals surface area (Å²) >= 11 is 0. The third-order valence-electron chi connectivity index (χ3n) is 3.80. The highest BCUT2D eigenvalue weighted by molar-refractivity contribution is 7.89. The molecule has 2 aromatic rings. The lowest BCUT2D eigenvalue weighted by Crippen LogP contribution is -2.42. The molecule has 0 saturated carbocycles. The Labute approximate surface area is 169 Å². The van der Waals surface area contributed by atoms with Crippen molar-refractivity contribution in [3.05, 3.63) is 60.2 Å². The number of carbonyl (C=O) groups excluding carboxylic acids is 2. The van der Waals surface area contributed by atoms with E-state index in [-0.39, 0.29) is 23.0 Å². The molecule has 0 spiro atoms.